The molecule has 0 heterocycles. The van der Waals surface area contributed by atoms with E-state index in [1.165, 1.54) is 6.92 Å². The van der Waals surface area contributed by atoms with Crippen LogP contribution in [0.25, 0.3) is 0 Å². The van der Waals surface area contributed by atoms with Crippen LogP contribution in [0, 0.1) is 0 Å². The molecule has 0 fully saturated rings. The van der Waals surface area contributed by atoms with Crippen LogP contribution in [0.4, 0.5) is 0 Å². The molecule has 18 heavy (non-hydrogen) atoms. The molecule has 0 saturated carbocycles. The molecule has 2 aromatic carbocycles. The maximum atomic E-state index is 11.2. The van der Waals surface area contributed by atoms with E-state index >= 15 is 0 Å². The van der Waals surface area contributed by atoms with Gasteiger partial charge in [0.1, 0.15) is 0 Å². The average molecular weight is 261 g/mol. The Hall–Kier alpha value is -1.80. The number of rotatable bonds is 3. The first kappa shape index (κ1) is 12.7. The smallest absolute Gasteiger partial charge is 0.303 e. The van der Waals surface area contributed by atoms with Gasteiger partial charge in [-0.2, -0.15) is 0 Å². The van der Waals surface area contributed by atoms with Gasteiger partial charge >= 0.3 is 5.97 Å². The number of carbonyl (C=O) groups excluding carboxylic acids is 1. The predicted molar refractivity (Wildman–Crippen MR) is 71.5 cm³/mol. The molecule has 2 aromatic rings. The van der Waals surface area contributed by atoms with E-state index in [0.29, 0.717) is 5.02 Å². The molecule has 0 aliphatic carbocycles. The number of hydrogen-bond donors (Lipinski definition) is 0. The van der Waals surface area contributed by atoms with Gasteiger partial charge in [0.25, 0.3) is 0 Å². The molecule has 1 atom stereocenters. The fourth-order valence-corrected chi connectivity index (χ4v) is 1.89. The average Bonchev–Trinajstić information content (AvgIpc) is 2.38. The molecular formula is C15H13ClO2. The summed E-state index contributed by atoms with van der Waals surface area (Å²) in [5, 5.41) is 0.661. The Morgan fingerprint density at radius 1 is 1.00 bits per heavy atom. The maximum absolute atomic E-state index is 11.2. The molecule has 2 nitrogen and oxygen atoms in total. The van der Waals surface area contributed by atoms with E-state index < -0.39 is 0 Å². The SMILES string of the molecule is CC(=O)OC(c1ccccc1)c1ccc(Cl)cc1. The van der Waals surface area contributed by atoms with E-state index in [1.54, 1.807) is 12.1 Å². The van der Waals surface area contributed by atoms with E-state index in [4.69, 9.17) is 16.3 Å². The van der Waals surface area contributed by atoms with Crippen LogP contribution in [-0.2, 0) is 9.53 Å². The minimum atomic E-state index is -0.388. The Morgan fingerprint density at radius 3 is 2.11 bits per heavy atom. The van der Waals surface area contributed by atoms with Crippen molar-refractivity contribution in [3.8, 4) is 0 Å². The highest BCUT2D eigenvalue weighted by molar-refractivity contribution is 6.30. The Labute approximate surface area is 111 Å². The first-order chi connectivity index (χ1) is 8.66. The Kier molecular flexibility index (Phi) is 4.00. The number of ether oxygens (including phenoxy) is 1. The molecule has 0 radical (unpaired) electrons. The van der Waals surface area contributed by atoms with E-state index in [2.05, 4.69) is 0 Å². The first-order valence-corrected chi connectivity index (χ1v) is 6.02. The minimum absolute atomic E-state index is 0.307. The number of benzene rings is 2. The van der Waals surface area contributed by atoms with Crippen molar-refractivity contribution >= 4 is 17.6 Å². The van der Waals surface area contributed by atoms with Gasteiger partial charge in [-0.3, -0.25) is 4.79 Å². The Bertz CT molecular complexity index is 520. The molecule has 2 rings (SSSR count). The third kappa shape index (κ3) is 3.11. The fraction of sp³-hybridized carbons (Fsp3) is 0.133. The van der Waals surface area contributed by atoms with Gasteiger partial charge < -0.3 is 4.74 Å². The van der Waals surface area contributed by atoms with Gasteiger partial charge in [-0.1, -0.05) is 54.1 Å². The van der Waals surface area contributed by atoms with E-state index in [9.17, 15) is 4.79 Å². The number of hydrogen-bond acceptors (Lipinski definition) is 2. The third-order valence-electron chi connectivity index (χ3n) is 2.56. The van der Waals surface area contributed by atoms with E-state index in [1.807, 2.05) is 42.5 Å². The first-order valence-electron chi connectivity index (χ1n) is 5.64. The van der Waals surface area contributed by atoms with E-state index in [-0.39, 0.29) is 12.1 Å². The molecule has 92 valence electrons. The van der Waals surface area contributed by atoms with Crippen LogP contribution in [0.5, 0.6) is 0 Å². The summed E-state index contributed by atoms with van der Waals surface area (Å²) in [7, 11) is 0. The summed E-state index contributed by atoms with van der Waals surface area (Å²) in [5.41, 5.74) is 1.84. The Balaban J connectivity index is 2.36. The zero-order chi connectivity index (χ0) is 13.0. The van der Waals surface area contributed by atoms with Gasteiger partial charge in [-0.25, -0.2) is 0 Å². The van der Waals surface area contributed by atoms with Crippen LogP contribution in [0.1, 0.15) is 24.2 Å². The topological polar surface area (TPSA) is 26.3 Å². The summed E-state index contributed by atoms with van der Waals surface area (Å²) in [6.45, 7) is 1.41. The van der Waals surface area contributed by atoms with Crippen LogP contribution in [0.2, 0.25) is 5.02 Å². The lowest BCUT2D eigenvalue weighted by atomic mass is 10.0. The predicted octanol–water partition coefficient (Wildman–Crippen LogP) is 3.99. The van der Waals surface area contributed by atoms with Crippen LogP contribution >= 0.6 is 11.6 Å². The number of esters is 1. The summed E-state index contributed by atoms with van der Waals surface area (Å²) in [6, 6.07) is 16.9. The highest BCUT2D eigenvalue weighted by Crippen LogP contribution is 2.27. The zero-order valence-corrected chi connectivity index (χ0v) is 10.7. The van der Waals surface area contributed by atoms with Crippen LogP contribution < -0.4 is 0 Å². The van der Waals surface area contributed by atoms with Crippen molar-refractivity contribution in [1.29, 1.82) is 0 Å². The molecule has 0 aromatic heterocycles. The molecular weight excluding hydrogens is 248 g/mol. The lowest BCUT2D eigenvalue weighted by Gasteiger charge is -2.17. The van der Waals surface area contributed by atoms with Crippen LogP contribution in [-0.4, -0.2) is 5.97 Å². The van der Waals surface area contributed by atoms with E-state index in [0.717, 1.165) is 11.1 Å². The van der Waals surface area contributed by atoms with Gasteiger partial charge in [0.2, 0.25) is 0 Å². The van der Waals surface area contributed by atoms with Crippen molar-refractivity contribution in [1.82, 2.24) is 0 Å². The van der Waals surface area contributed by atoms with Crippen molar-refractivity contribution < 1.29 is 9.53 Å². The largest absolute Gasteiger partial charge is 0.453 e. The Morgan fingerprint density at radius 2 is 1.56 bits per heavy atom. The summed E-state index contributed by atoms with van der Waals surface area (Å²) in [5.74, 6) is -0.307. The normalized spacial score (nSPS) is 11.9. The molecule has 0 bridgehead atoms. The minimum Gasteiger partial charge on any atom is -0.453 e. The molecule has 0 amide bonds. The third-order valence-corrected chi connectivity index (χ3v) is 2.81. The summed E-state index contributed by atoms with van der Waals surface area (Å²) >= 11 is 5.86. The molecule has 0 saturated heterocycles. The lowest BCUT2D eigenvalue weighted by Crippen LogP contribution is -2.09. The van der Waals surface area contributed by atoms with Crippen molar-refractivity contribution in [2.24, 2.45) is 0 Å². The lowest BCUT2D eigenvalue weighted by molar-refractivity contribution is -0.144. The fourth-order valence-electron chi connectivity index (χ4n) is 1.76. The van der Waals surface area contributed by atoms with Crippen molar-refractivity contribution in [3.63, 3.8) is 0 Å². The van der Waals surface area contributed by atoms with Gasteiger partial charge in [-0.05, 0) is 23.3 Å². The standard InChI is InChI=1S/C15H13ClO2/c1-11(17)18-15(12-5-3-2-4-6-12)13-7-9-14(16)10-8-13/h2-10,15H,1H3. The van der Waals surface area contributed by atoms with Gasteiger partial charge in [-0.15, -0.1) is 0 Å². The molecule has 3 heteroatoms. The second-order valence-electron chi connectivity index (χ2n) is 3.95. The molecule has 0 aliphatic rings. The second kappa shape index (κ2) is 5.69. The second-order valence-corrected chi connectivity index (χ2v) is 4.39. The maximum Gasteiger partial charge on any atom is 0.303 e. The van der Waals surface area contributed by atoms with Crippen LogP contribution in [0.3, 0.4) is 0 Å². The highest BCUT2D eigenvalue weighted by atomic mass is 35.5. The zero-order valence-electron chi connectivity index (χ0n) is 9.97. The van der Waals surface area contributed by atoms with Crippen molar-refractivity contribution in [3.05, 3.63) is 70.7 Å². The van der Waals surface area contributed by atoms with Crippen LogP contribution in [0.15, 0.2) is 54.6 Å². The number of carbonyl (C=O) groups is 1. The number of halogens is 1. The highest BCUT2D eigenvalue weighted by Gasteiger charge is 2.16. The molecule has 0 N–H and O–H groups in total. The summed E-state index contributed by atoms with van der Waals surface area (Å²) < 4.78 is 5.38. The summed E-state index contributed by atoms with van der Waals surface area (Å²) in [4.78, 5) is 11.2. The molecule has 1 unspecified atom stereocenters. The van der Waals surface area contributed by atoms with Gasteiger partial charge in [0.05, 0.1) is 0 Å². The van der Waals surface area contributed by atoms with Gasteiger partial charge in [0, 0.05) is 11.9 Å². The quantitative estimate of drug-likeness (QED) is 0.780. The molecule has 0 spiro atoms. The monoisotopic (exact) mass is 260 g/mol. The van der Waals surface area contributed by atoms with Gasteiger partial charge in [0.15, 0.2) is 6.10 Å². The van der Waals surface area contributed by atoms with Crippen molar-refractivity contribution in [2.75, 3.05) is 0 Å². The summed E-state index contributed by atoms with van der Waals surface area (Å²) in [6.07, 6.45) is -0.388. The van der Waals surface area contributed by atoms with Crippen molar-refractivity contribution in [2.45, 2.75) is 13.0 Å². The molecule has 0 aliphatic heterocycles.